The van der Waals surface area contributed by atoms with Crippen molar-refractivity contribution in [3.05, 3.63) is 126 Å². The van der Waals surface area contributed by atoms with Crippen molar-refractivity contribution in [2.24, 2.45) is 0 Å². The average Bonchev–Trinajstić information content (AvgIpc) is 3.64. The van der Waals surface area contributed by atoms with Crippen LogP contribution in [0.1, 0.15) is 25.0 Å². The Kier molecular flexibility index (Phi) is 4.54. The fourth-order valence-corrected chi connectivity index (χ4v) is 6.16. The van der Waals surface area contributed by atoms with Gasteiger partial charge in [0, 0.05) is 33.0 Å². The lowest BCUT2D eigenvalue weighted by Crippen LogP contribution is -2.15. The molecule has 0 N–H and O–H groups in total. The zero-order chi connectivity index (χ0) is 26.1. The molecule has 0 spiro atoms. The van der Waals surface area contributed by atoms with Gasteiger partial charge in [-0.25, -0.2) is 0 Å². The van der Waals surface area contributed by atoms with Gasteiger partial charge < -0.3 is 4.42 Å². The third kappa shape index (κ3) is 3.18. The van der Waals surface area contributed by atoms with Crippen LogP contribution in [0.2, 0.25) is 0 Å². The number of nitrogens with zero attached hydrogens (tertiary/aromatic N) is 3. The molecule has 1 aliphatic carbocycles. The Bertz CT molecular complexity index is 2030. The van der Waals surface area contributed by atoms with E-state index in [1.165, 1.54) is 27.6 Å². The van der Waals surface area contributed by atoms with Crippen LogP contribution in [0, 0.1) is 0 Å². The molecule has 2 aromatic heterocycles. The van der Waals surface area contributed by atoms with Crippen molar-refractivity contribution in [2.45, 2.75) is 19.3 Å². The molecule has 0 atom stereocenters. The van der Waals surface area contributed by atoms with Crippen molar-refractivity contribution in [1.29, 1.82) is 0 Å². The summed E-state index contributed by atoms with van der Waals surface area (Å²) in [6.07, 6.45) is 0. The summed E-state index contributed by atoms with van der Waals surface area (Å²) in [5, 5.41) is 11.7. The van der Waals surface area contributed by atoms with Gasteiger partial charge in [0.15, 0.2) is 11.6 Å². The van der Waals surface area contributed by atoms with E-state index in [2.05, 4.69) is 102 Å². The molecule has 0 saturated heterocycles. The van der Waals surface area contributed by atoms with Crippen LogP contribution in [0.15, 0.2) is 120 Å². The molecule has 8 rings (SSSR count). The summed E-state index contributed by atoms with van der Waals surface area (Å²) in [4.78, 5) is 0. The first kappa shape index (κ1) is 22.1. The van der Waals surface area contributed by atoms with E-state index in [0.717, 1.165) is 45.0 Å². The van der Waals surface area contributed by atoms with E-state index >= 15 is 0 Å². The fourth-order valence-electron chi connectivity index (χ4n) is 6.16. The highest BCUT2D eigenvalue weighted by molar-refractivity contribution is 6.07. The number of aromatic nitrogens is 3. The van der Waals surface area contributed by atoms with Gasteiger partial charge in [0.05, 0.1) is 0 Å². The Labute approximate surface area is 226 Å². The number of benzene rings is 5. The standard InChI is InChI=1S/C35H25N3O/c1-35(2)29-19-23(34-37-36-33(22-11-5-3-6-12-22)38(34)24-13-7-4-8-14-24)17-18-25(29)27-21-32-28(20-30(27)35)26-15-9-10-16-31(26)39-32/h3-21H,1-2H3. The smallest absolute Gasteiger partial charge is 0.168 e. The summed E-state index contributed by atoms with van der Waals surface area (Å²) in [6, 6.07) is 40.1. The topological polar surface area (TPSA) is 43.9 Å². The maximum Gasteiger partial charge on any atom is 0.168 e. The van der Waals surface area contributed by atoms with E-state index in [-0.39, 0.29) is 5.41 Å². The first-order valence-electron chi connectivity index (χ1n) is 13.3. The summed E-state index contributed by atoms with van der Waals surface area (Å²) in [5.74, 6) is 1.65. The largest absolute Gasteiger partial charge is 0.456 e. The van der Waals surface area contributed by atoms with E-state index in [1.807, 2.05) is 36.4 Å². The van der Waals surface area contributed by atoms with Crippen molar-refractivity contribution in [1.82, 2.24) is 14.8 Å². The predicted octanol–water partition coefficient (Wildman–Crippen LogP) is 8.81. The highest BCUT2D eigenvalue weighted by Crippen LogP contribution is 2.51. The molecule has 0 fully saturated rings. The van der Waals surface area contributed by atoms with Crippen LogP contribution in [0.4, 0.5) is 0 Å². The molecule has 5 aromatic carbocycles. The van der Waals surface area contributed by atoms with Gasteiger partial charge in [-0.15, -0.1) is 10.2 Å². The van der Waals surface area contributed by atoms with Gasteiger partial charge in [-0.2, -0.15) is 0 Å². The lowest BCUT2D eigenvalue weighted by Gasteiger charge is -2.22. The van der Waals surface area contributed by atoms with Gasteiger partial charge in [0.2, 0.25) is 0 Å². The molecule has 186 valence electrons. The van der Waals surface area contributed by atoms with Crippen molar-refractivity contribution in [3.63, 3.8) is 0 Å². The summed E-state index contributed by atoms with van der Waals surface area (Å²) >= 11 is 0. The van der Waals surface area contributed by atoms with Crippen molar-refractivity contribution >= 4 is 21.9 Å². The van der Waals surface area contributed by atoms with Gasteiger partial charge in [-0.1, -0.05) is 92.7 Å². The number of hydrogen-bond donors (Lipinski definition) is 0. The molecule has 4 heteroatoms. The van der Waals surface area contributed by atoms with Gasteiger partial charge in [-0.3, -0.25) is 4.57 Å². The lowest BCUT2D eigenvalue weighted by molar-refractivity contribution is 0.658. The molecule has 1 aliphatic rings. The Morgan fingerprint density at radius 3 is 2.03 bits per heavy atom. The minimum atomic E-state index is -0.174. The van der Waals surface area contributed by atoms with Crippen LogP contribution in [0.25, 0.3) is 61.5 Å². The zero-order valence-electron chi connectivity index (χ0n) is 21.7. The number of furan rings is 1. The van der Waals surface area contributed by atoms with Crippen LogP contribution < -0.4 is 0 Å². The van der Waals surface area contributed by atoms with E-state index in [4.69, 9.17) is 9.52 Å². The van der Waals surface area contributed by atoms with Crippen molar-refractivity contribution in [2.75, 3.05) is 0 Å². The second kappa shape index (κ2) is 8.02. The zero-order valence-corrected chi connectivity index (χ0v) is 21.7. The molecule has 0 amide bonds. The monoisotopic (exact) mass is 503 g/mol. The highest BCUT2D eigenvalue weighted by atomic mass is 16.3. The number of para-hydroxylation sites is 2. The van der Waals surface area contributed by atoms with E-state index in [1.54, 1.807) is 0 Å². The summed E-state index contributed by atoms with van der Waals surface area (Å²) in [7, 11) is 0. The molecular formula is C35H25N3O. The third-order valence-electron chi connectivity index (χ3n) is 8.14. The van der Waals surface area contributed by atoms with Gasteiger partial charge >= 0.3 is 0 Å². The van der Waals surface area contributed by atoms with E-state index in [0.29, 0.717) is 0 Å². The molecule has 0 aliphatic heterocycles. The van der Waals surface area contributed by atoms with Crippen LogP contribution in [0.5, 0.6) is 0 Å². The molecule has 0 saturated carbocycles. The molecule has 7 aromatic rings. The first-order valence-corrected chi connectivity index (χ1v) is 13.3. The van der Waals surface area contributed by atoms with Crippen LogP contribution in [-0.2, 0) is 5.41 Å². The normalized spacial score (nSPS) is 13.6. The number of hydrogen-bond acceptors (Lipinski definition) is 3. The van der Waals surface area contributed by atoms with Gasteiger partial charge in [0.1, 0.15) is 11.2 Å². The third-order valence-corrected chi connectivity index (χ3v) is 8.14. The number of fused-ring (bicyclic) bond motifs is 6. The van der Waals surface area contributed by atoms with E-state index < -0.39 is 0 Å². The predicted molar refractivity (Wildman–Crippen MR) is 157 cm³/mol. The molecular weight excluding hydrogens is 478 g/mol. The Balaban J connectivity index is 1.32. The molecule has 0 unspecified atom stereocenters. The maximum absolute atomic E-state index is 6.24. The van der Waals surface area contributed by atoms with Crippen molar-refractivity contribution < 1.29 is 4.42 Å². The minimum absolute atomic E-state index is 0.174. The van der Waals surface area contributed by atoms with Crippen LogP contribution in [-0.4, -0.2) is 14.8 Å². The Hall–Kier alpha value is -4.96. The SMILES string of the molecule is CC1(C)c2cc(-c3nnc(-c4ccccc4)n3-c3ccccc3)ccc2-c2cc3oc4ccccc4c3cc21. The molecule has 0 bridgehead atoms. The second-order valence-electron chi connectivity index (χ2n) is 10.8. The van der Waals surface area contributed by atoms with Gasteiger partial charge in [0.25, 0.3) is 0 Å². The fraction of sp³-hybridized carbons (Fsp3) is 0.0857. The highest BCUT2D eigenvalue weighted by Gasteiger charge is 2.37. The minimum Gasteiger partial charge on any atom is -0.456 e. The van der Waals surface area contributed by atoms with Crippen molar-refractivity contribution in [3.8, 4) is 39.6 Å². The molecule has 0 radical (unpaired) electrons. The van der Waals surface area contributed by atoms with Crippen LogP contribution in [0.3, 0.4) is 0 Å². The van der Waals surface area contributed by atoms with E-state index in [9.17, 15) is 0 Å². The Morgan fingerprint density at radius 2 is 1.23 bits per heavy atom. The lowest BCUT2D eigenvalue weighted by atomic mass is 9.81. The molecule has 39 heavy (non-hydrogen) atoms. The maximum atomic E-state index is 6.24. The van der Waals surface area contributed by atoms with Crippen LogP contribution >= 0.6 is 0 Å². The number of rotatable bonds is 3. The molecule has 4 nitrogen and oxygen atoms in total. The summed E-state index contributed by atoms with van der Waals surface area (Å²) in [6.45, 7) is 4.62. The first-order chi connectivity index (χ1) is 19.1. The quantitative estimate of drug-likeness (QED) is 0.242. The second-order valence-corrected chi connectivity index (χ2v) is 10.8. The summed E-state index contributed by atoms with van der Waals surface area (Å²) in [5.41, 5.74) is 9.89. The summed E-state index contributed by atoms with van der Waals surface area (Å²) < 4.78 is 8.40. The molecule has 2 heterocycles. The average molecular weight is 504 g/mol. The van der Waals surface area contributed by atoms with Gasteiger partial charge in [-0.05, 0) is 58.7 Å². The Morgan fingerprint density at radius 1 is 0.564 bits per heavy atom.